The van der Waals surface area contributed by atoms with E-state index in [1.807, 2.05) is 0 Å². The topological polar surface area (TPSA) is 38.5 Å². The van der Waals surface area contributed by atoms with Crippen LogP contribution in [-0.2, 0) is 4.74 Å². The van der Waals surface area contributed by atoms with E-state index < -0.39 is 0 Å². The number of methoxy groups -OCH3 is 1. The average Bonchev–Trinajstić information content (AvgIpc) is 2.18. The summed E-state index contributed by atoms with van der Waals surface area (Å²) in [6.45, 7) is 6.84. The Morgan fingerprint density at radius 3 is 2.15 bits per heavy atom. The normalized spacial score (nSPS) is 12.5. The van der Waals surface area contributed by atoms with Crippen molar-refractivity contribution in [3.63, 3.8) is 0 Å². The summed E-state index contributed by atoms with van der Waals surface area (Å²) in [5, 5.41) is 0. The summed E-state index contributed by atoms with van der Waals surface area (Å²) < 4.78 is 5.06. The summed E-state index contributed by atoms with van der Waals surface area (Å²) in [7, 11) is 3.86. The van der Waals surface area contributed by atoms with Crippen molar-refractivity contribution >= 4 is 0 Å². The molecular weight excluding hydrogens is 164 g/mol. The molecule has 13 heavy (non-hydrogen) atoms. The fourth-order valence-corrected chi connectivity index (χ4v) is 1.70. The van der Waals surface area contributed by atoms with Gasteiger partial charge in [-0.25, -0.2) is 0 Å². The Bertz CT molecular complexity index is 116. The molecule has 0 rings (SSSR count). The number of hydrogen-bond acceptors (Lipinski definition) is 3. The molecule has 0 saturated heterocycles. The van der Waals surface area contributed by atoms with E-state index in [9.17, 15) is 0 Å². The molecule has 0 fully saturated rings. The van der Waals surface area contributed by atoms with Crippen molar-refractivity contribution in [1.29, 1.82) is 0 Å². The van der Waals surface area contributed by atoms with Crippen LogP contribution < -0.4 is 5.73 Å². The molecule has 0 aliphatic heterocycles. The second-order valence-corrected chi connectivity index (χ2v) is 3.55. The van der Waals surface area contributed by atoms with Gasteiger partial charge in [0.2, 0.25) is 0 Å². The zero-order chi connectivity index (χ0) is 10.3. The van der Waals surface area contributed by atoms with Crippen LogP contribution in [0.1, 0.15) is 26.7 Å². The van der Waals surface area contributed by atoms with E-state index in [2.05, 4.69) is 25.8 Å². The van der Waals surface area contributed by atoms with Crippen LogP contribution in [0.25, 0.3) is 0 Å². The van der Waals surface area contributed by atoms with Crippen LogP contribution in [0.4, 0.5) is 0 Å². The fourth-order valence-electron chi connectivity index (χ4n) is 1.70. The van der Waals surface area contributed by atoms with Gasteiger partial charge >= 0.3 is 0 Å². The zero-order valence-corrected chi connectivity index (χ0v) is 9.47. The average molecular weight is 188 g/mol. The Morgan fingerprint density at radius 1 is 1.31 bits per heavy atom. The molecule has 0 spiro atoms. The molecule has 0 saturated carbocycles. The predicted octanol–water partition coefficient (Wildman–Crippen LogP) is 1.08. The van der Waals surface area contributed by atoms with E-state index in [0.29, 0.717) is 0 Å². The maximum Gasteiger partial charge on any atom is 0.0589 e. The van der Waals surface area contributed by atoms with Crippen molar-refractivity contribution in [2.75, 3.05) is 33.9 Å². The fraction of sp³-hybridized carbons (Fsp3) is 1.00. The Kier molecular flexibility index (Phi) is 6.29. The van der Waals surface area contributed by atoms with Gasteiger partial charge in [-0.1, -0.05) is 13.8 Å². The molecule has 0 radical (unpaired) electrons. The summed E-state index contributed by atoms with van der Waals surface area (Å²) in [6, 6.07) is 0. The Balaban J connectivity index is 4.17. The molecule has 0 aromatic carbocycles. The second-order valence-electron chi connectivity index (χ2n) is 3.55. The van der Waals surface area contributed by atoms with Gasteiger partial charge < -0.3 is 10.5 Å². The highest BCUT2D eigenvalue weighted by molar-refractivity contribution is 4.87. The summed E-state index contributed by atoms with van der Waals surface area (Å²) in [4.78, 5) is 2.32. The molecule has 3 heteroatoms. The van der Waals surface area contributed by atoms with Gasteiger partial charge in [0.05, 0.1) is 6.61 Å². The highest BCUT2D eigenvalue weighted by Crippen LogP contribution is 2.20. The molecule has 0 atom stereocenters. The first-order chi connectivity index (χ1) is 6.16. The predicted molar refractivity (Wildman–Crippen MR) is 56.9 cm³/mol. The number of likely N-dealkylation sites (N-methyl/N-ethyl adjacent to an activating group) is 1. The summed E-state index contributed by atoms with van der Waals surface area (Å²) in [5.41, 5.74) is 5.98. The standard InChI is InChI=1S/C10H24N2O/c1-5-10(6-2,9-11)12(3)7-8-13-4/h5-9,11H2,1-4H3. The first-order valence-electron chi connectivity index (χ1n) is 5.07. The van der Waals surface area contributed by atoms with Crippen LogP contribution in [0.2, 0.25) is 0 Å². The maximum absolute atomic E-state index is 5.82. The maximum atomic E-state index is 5.82. The lowest BCUT2D eigenvalue weighted by Crippen LogP contribution is -2.52. The Morgan fingerprint density at radius 2 is 1.85 bits per heavy atom. The molecule has 0 aromatic rings. The number of nitrogens with two attached hydrogens (primary N) is 1. The van der Waals surface area contributed by atoms with Crippen molar-refractivity contribution in [2.24, 2.45) is 5.73 Å². The molecule has 0 amide bonds. The van der Waals surface area contributed by atoms with E-state index in [1.54, 1.807) is 7.11 Å². The Labute approximate surface area is 82.2 Å². The van der Waals surface area contributed by atoms with Crippen molar-refractivity contribution < 1.29 is 4.74 Å². The molecule has 0 bridgehead atoms. The van der Waals surface area contributed by atoms with Crippen LogP contribution in [0, 0.1) is 0 Å². The summed E-state index contributed by atoms with van der Waals surface area (Å²) >= 11 is 0. The van der Waals surface area contributed by atoms with Gasteiger partial charge in [0.15, 0.2) is 0 Å². The Hall–Kier alpha value is -0.120. The van der Waals surface area contributed by atoms with E-state index in [4.69, 9.17) is 10.5 Å². The van der Waals surface area contributed by atoms with E-state index in [1.165, 1.54) is 0 Å². The van der Waals surface area contributed by atoms with E-state index in [0.717, 1.165) is 32.5 Å². The largest absolute Gasteiger partial charge is 0.383 e. The van der Waals surface area contributed by atoms with Gasteiger partial charge in [-0.05, 0) is 19.9 Å². The lowest BCUT2D eigenvalue weighted by Gasteiger charge is -2.39. The molecule has 0 aliphatic carbocycles. The lowest BCUT2D eigenvalue weighted by molar-refractivity contribution is 0.0770. The third-order valence-corrected chi connectivity index (χ3v) is 3.14. The second kappa shape index (κ2) is 6.35. The van der Waals surface area contributed by atoms with E-state index >= 15 is 0 Å². The smallest absolute Gasteiger partial charge is 0.0589 e. The summed E-state index contributed by atoms with van der Waals surface area (Å²) in [6.07, 6.45) is 2.19. The molecule has 2 N–H and O–H groups in total. The monoisotopic (exact) mass is 188 g/mol. The van der Waals surface area contributed by atoms with Gasteiger partial charge in [0.1, 0.15) is 0 Å². The van der Waals surface area contributed by atoms with Crippen LogP contribution >= 0.6 is 0 Å². The molecule has 3 nitrogen and oxygen atoms in total. The first kappa shape index (κ1) is 12.9. The first-order valence-corrected chi connectivity index (χ1v) is 5.07. The minimum absolute atomic E-state index is 0.165. The van der Waals surface area contributed by atoms with E-state index in [-0.39, 0.29) is 5.54 Å². The SMILES string of the molecule is CCC(CC)(CN)N(C)CCOC. The van der Waals surface area contributed by atoms with Crippen LogP contribution in [-0.4, -0.2) is 44.3 Å². The van der Waals surface area contributed by atoms with Crippen LogP contribution in [0.15, 0.2) is 0 Å². The number of ether oxygens (including phenoxy) is 1. The van der Waals surface area contributed by atoms with Crippen molar-refractivity contribution in [1.82, 2.24) is 4.90 Å². The lowest BCUT2D eigenvalue weighted by atomic mass is 9.91. The minimum Gasteiger partial charge on any atom is -0.383 e. The van der Waals surface area contributed by atoms with Crippen LogP contribution in [0.5, 0.6) is 0 Å². The molecule has 0 heterocycles. The van der Waals surface area contributed by atoms with Gasteiger partial charge in [0.25, 0.3) is 0 Å². The van der Waals surface area contributed by atoms with Crippen molar-refractivity contribution in [3.05, 3.63) is 0 Å². The summed E-state index contributed by atoms with van der Waals surface area (Å²) in [5.74, 6) is 0. The number of rotatable bonds is 7. The van der Waals surface area contributed by atoms with Gasteiger partial charge in [-0.2, -0.15) is 0 Å². The highest BCUT2D eigenvalue weighted by Gasteiger charge is 2.28. The molecule has 80 valence electrons. The minimum atomic E-state index is 0.165. The number of hydrogen-bond donors (Lipinski definition) is 1. The molecule has 0 unspecified atom stereocenters. The van der Waals surface area contributed by atoms with Crippen molar-refractivity contribution in [3.8, 4) is 0 Å². The molecule has 0 aliphatic rings. The zero-order valence-electron chi connectivity index (χ0n) is 9.47. The highest BCUT2D eigenvalue weighted by atomic mass is 16.5. The van der Waals surface area contributed by atoms with Gasteiger partial charge in [-0.3, -0.25) is 4.90 Å². The molecular formula is C10H24N2O. The van der Waals surface area contributed by atoms with Crippen molar-refractivity contribution in [2.45, 2.75) is 32.2 Å². The third kappa shape index (κ3) is 3.25. The molecule has 0 aromatic heterocycles. The van der Waals surface area contributed by atoms with Gasteiger partial charge in [-0.15, -0.1) is 0 Å². The van der Waals surface area contributed by atoms with Crippen LogP contribution in [0.3, 0.4) is 0 Å². The van der Waals surface area contributed by atoms with Gasteiger partial charge in [0, 0.05) is 25.7 Å². The quantitative estimate of drug-likeness (QED) is 0.650. The third-order valence-electron chi connectivity index (χ3n) is 3.14. The number of nitrogens with zero attached hydrogens (tertiary/aromatic N) is 1.